The molecule has 2 aromatic rings. The van der Waals surface area contributed by atoms with Crippen LogP contribution in [0.25, 0.3) is 10.8 Å². The van der Waals surface area contributed by atoms with Crippen molar-refractivity contribution in [2.75, 3.05) is 13.2 Å². The maximum absolute atomic E-state index is 12.6. The van der Waals surface area contributed by atoms with Crippen LogP contribution >= 0.6 is 15.9 Å². The molecule has 1 aliphatic rings. The molecule has 10 heteroatoms. The summed E-state index contributed by atoms with van der Waals surface area (Å²) in [4.78, 5) is 0. The predicted molar refractivity (Wildman–Crippen MR) is 81.9 cm³/mol. The van der Waals surface area contributed by atoms with Gasteiger partial charge in [-0.1, -0.05) is 34.1 Å². The van der Waals surface area contributed by atoms with Crippen LogP contribution < -0.4 is 4.18 Å². The molecule has 0 aromatic heterocycles. The smallest absolute Gasteiger partial charge is 0.376 e. The maximum Gasteiger partial charge on any atom is 0.534 e. The molecule has 1 fully saturated rings. The molecule has 1 saturated heterocycles. The Morgan fingerprint density at radius 2 is 1.79 bits per heavy atom. The fourth-order valence-corrected chi connectivity index (χ4v) is 3.41. The first kappa shape index (κ1) is 17.5. The first-order chi connectivity index (χ1) is 11.2. The van der Waals surface area contributed by atoms with Crippen LogP contribution in [0.1, 0.15) is 11.9 Å². The number of ether oxygens (including phenoxy) is 2. The molecule has 0 amide bonds. The van der Waals surface area contributed by atoms with Crippen LogP contribution in [0.5, 0.6) is 5.75 Å². The number of halogens is 4. The van der Waals surface area contributed by atoms with Crippen LogP contribution in [0.2, 0.25) is 0 Å². The van der Waals surface area contributed by atoms with E-state index in [1.165, 1.54) is 6.07 Å². The van der Waals surface area contributed by atoms with Gasteiger partial charge in [-0.2, -0.15) is 21.6 Å². The molecule has 0 atom stereocenters. The molecule has 2 aromatic carbocycles. The second-order valence-corrected chi connectivity index (χ2v) is 7.26. The van der Waals surface area contributed by atoms with Gasteiger partial charge in [0, 0.05) is 9.86 Å². The van der Waals surface area contributed by atoms with E-state index in [4.69, 9.17) is 9.47 Å². The quantitative estimate of drug-likeness (QED) is 0.550. The van der Waals surface area contributed by atoms with Crippen molar-refractivity contribution in [2.24, 2.45) is 0 Å². The minimum Gasteiger partial charge on any atom is -0.376 e. The molecule has 0 spiro atoms. The lowest BCUT2D eigenvalue weighted by atomic mass is 10.0. The zero-order valence-electron chi connectivity index (χ0n) is 11.8. The normalized spacial score (nSPS) is 16.7. The lowest BCUT2D eigenvalue weighted by molar-refractivity contribution is -0.0521. The highest BCUT2D eigenvalue weighted by atomic mass is 79.9. The molecular weight excluding hydrogens is 417 g/mol. The van der Waals surface area contributed by atoms with Crippen molar-refractivity contribution < 1.29 is 35.2 Å². The van der Waals surface area contributed by atoms with Crippen molar-refractivity contribution in [1.29, 1.82) is 0 Å². The van der Waals surface area contributed by atoms with Crippen molar-refractivity contribution in [2.45, 2.75) is 11.8 Å². The second kappa shape index (κ2) is 6.17. The van der Waals surface area contributed by atoms with E-state index in [0.717, 1.165) is 6.07 Å². The zero-order chi connectivity index (χ0) is 17.5. The monoisotopic (exact) mass is 426 g/mol. The molecule has 1 aliphatic heterocycles. The first-order valence-electron chi connectivity index (χ1n) is 6.66. The molecular formula is C14H10BrF3O5S. The highest BCUT2D eigenvalue weighted by molar-refractivity contribution is 9.10. The Morgan fingerprint density at radius 1 is 1.12 bits per heavy atom. The average Bonchev–Trinajstić information content (AvgIpc) is 3.00. The van der Waals surface area contributed by atoms with Gasteiger partial charge in [-0.25, -0.2) is 0 Å². The number of alkyl halides is 3. The van der Waals surface area contributed by atoms with Gasteiger partial charge in [0.2, 0.25) is 0 Å². The third kappa shape index (κ3) is 3.10. The fraction of sp³-hybridized carbons (Fsp3) is 0.286. The molecule has 0 saturated carbocycles. The van der Waals surface area contributed by atoms with E-state index in [2.05, 4.69) is 20.1 Å². The van der Waals surface area contributed by atoms with Crippen LogP contribution in [0, 0.1) is 0 Å². The SMILES string of the molecule is O=S(=O)(Oc1ccc2cccc(Br)c2c1C1OCCO1)C(F)(F)F. The van der Waals surface area contributed by atoms with Gasteiger partial charge in [0.05, 0.1) is 18.8 Å². The average molecular weight is 427 g/mol. The van der Waals surface area contributed by atoms with E-state index in [0.29, 0.717) is 15.2 Å². The van der Waals surface area contributed by atoms with Crippen LogP contribution in [0.15, 0.2) is 34.8 Å². The zero-order valence-corrected chi connectivity index (χ0v) is 14.2. The molecule has 0 unspecified atom stereocenters. The highest BCUT2D eigenvalue weighted by Gasteiger charge is 2.49. The molecule has 0 N–H and O–H groups in total. The molecule has 0 bridgehead atoms. The van der Waals surface area contributed by atoms with Gasteiger partial charge in [-0.15, -0.1) is 0 Å². The molecule has 24 heavy (non-hydrogen) atoms. The van der Waals surface area contributed by atoms with E-state index >= 15 is 0 Å². The third-order valence-electron chi connectivity index (χ3n) is 3.34. The minimum atomic E-state index is -5.81. The van der Waals surface area contributed by atoms with Crippen LogP contribution in [-0.4, -0.2) is 27.1 Å². The number of rotatable bonds is 3. The van der Waals surface area contributed by atoms with Crippen molar-refractivity contribution >= 4 is 36.8 Å². The summed E-state index contributed by atoms with van der Waals surface area (Å²) in [5.41, 5.74) is -5.45. The number of fused-ring (bicyclic) bond motifs is 1. The van der Waals surface area contributed by atoms with Crippen molar-refractivity contribution in [3.05, 3.63) is 40.4 Å². The van der Waals surface area contributed by atoms with Crippen LogP contribution in [-0.2, 0) is 19.6 Å². The number of hydrogen-bond donors (Lipinski definition) is 0. The summed E-state index contributed by atoms with van der Waals surface area (Å²) < 4.78 is 76.2. The Balaban J connectivity index is 2.21. The van der Waals surface area contributed by atoms with E-state index < -0.39 is 27.7 Å². The van der Waals surface area contributed by atoms with E-state index in [-0.39, 0.29) is 18.8 Å². The van der Waals surface area contributed by atoms with Crippen molar-refractivity contribution in [1.82, 2.24) is 0 Å². The van der Waals surface area contributed by atoms with E-state index in [1.54, 1.807) is 18.2 Å². The highest BCUT2D eigenvalue weighted by Crippen LogP contribution is 2.41. The number of benzene rings is 2. The molecule has 0 aliphatic carbocycles. The summed E-state index contributed by atoms with van der Waals surface area (Å²) in [5.74, 6) is -0.487. The number of hydrogen-bond acceptors (Lipinski definition) is 5. The van der Waals surface area contributed by atoms with Gasteiger partial charge in [0.1, 0.15) is 0 Å². The van der Waals surface area contributed by atoms with Crippen LogP contribution in [0.3, 0.4) is 0 Å². The molecule has 3 rings (SSSR count). The molecule has 0 radical (unpaired) electrons. The largest absolute Gasteiger partial charge is 0.534 e. The molecule has 1 heterocycles. The second-order valence-electron chi connectivity index (χ2n) is 4.87. The van der Waals surface area contributed by atoms with Gasteiger partial charge in [0.25, 0.3) is 0 Å². The summed E-state index contributed by atoms with van der Waals surface area (Å²) >= 11 is 3.31. The Bertz CT molecular complexity index is 876. The van der Waals surface area contributed by atoms with Gasteiger partial charge in [-0.3, -0.25) is 0 Å². The summed E-state index contributed by atoms with van der Waals surface area (Å²) in [7, 11) is -5.81. The van der Waals surface area contributed by atoms with E-state index in [9.17, 15) is 21.6 Å². The van der Waals surface area contributed by atoms with Gasteiger partial charge >= 0.3 is 15.6 Å². The maximum atomic E-state index is 12.6. The minimum absolute atomic E-state index is 0.0882. The Kier molecular flexibility index (Phi) is 4.49. The van der Waals surface area contributed by atoms with E-state index in [1.807, 2.05) is 0 Å². The summed E-state index contributed by atoms with van der Waals surface area (Å²) in [6, 6.07) is 7.74. The topological polar surface area (TPSA) is 61.8 Å². The fourth-order valence-electron chi connectivity index (χ4n) is 2.34. The Morgan fingerprint density at radius 3 is 2.42 bits per heavy atom. The lowest BCUT2D eigenvalue weighted by Gasteiger charge is -2.19. The predicted octanol–water partition coefficient (Wildman–Crippen LogP) is 3.88. The van der Waals surface area contributed by atoms with Crippen molar-refractivity contribution in [3.8, 4) is 5.75 Å². The summed E-state index contributed by atoms with van der Waals surface area (Å²) in [6.07, 6.45) is -1.02. The van der Waals surface area contributed by atoms with Gasteiger partial charge in [0.15, 0.2) is 12.0 Å². The Labute approximate surface area is 143 Å². The molecule has 5 nitrogen and oxygen atoms in total. The third-order valence-corrected chi connectivity index (χ3v) is 4.96. The first-order valence-corrected chi connectivity index (χ1v) is 8.86. The van der Waals surface area contributed by atoms with Crippen molar-refractivity contribution in [3.63, 3.8) is 0 Å². The van der Waals surface area contributed by atoms with Crippen LogP contribution in [0.4, 0.5) is 13.2 Å². The summed E-state index contributed by atoms with van der Waals surface area (Å²) in [5, 5.41) is 1.12. The Hall–Kier alpha value is -1.36. The van der Waals surface area contributed by atoms with Gasteiger partial charge < -0.3 is 13.7 Å². The lowest BCUT2D eigenvalue weighted by Crippen LogP contribution is -2.28. The summed E-state index contributed by atoms with van der Waals surface area (Å²) in [6.45, 7) is 0.466. The van der Waals surface area contributed by atoms with Gasteiger partial charge in [-0.05, 0) is 17.5 Å². The standard InChI is InChI=1S/C14H10BrF3O5S/c15-9-3-1-2-8-4-5-10(23-24(19,20)14(16,17)18)12(11(8)9)13-21-6-7-22-13/h1-5,13H,6-7H2. The molecule has 130 valence electrons.